The van der Waals surface area contributed by atoms with Crippen molar-refractivity contribution in [2.75, 3.05) is 0 Å². The third-order valence-corrected chi connectivity index (χ3v) is 5.63. The van der Waals surface area contributed by atoms with E-state index in [-0.39, 0.29) is 6.10 Å². The third-order valence-electron chi connectivity index (χ3n) is 5.63. The van der Waals surface area contributed by atoms with Crippen LogP contribution in [0.4, 0.5) is 0 Å². The zero-order valence-corrected chi connectivity index (χ0v) is 10.9. The topological polar surface area (TPSA) is 50.9 Å². The highest BCUT2D eigenvalue weighted by atomic mass is 16.3. The summed E-state index contributed by atoms with van der Waals surface area (Å²) in [6.07, 6.45) is 6.37. The van der Waals surface area contributed by atoms with Gasteiger partial charge in [0.1, 0.15) is 12.2 Å². The first kappa shape index (κ1) is 11.0. The number of rotatable bonds is 4. The monoisotopic (exact) mass is 247 g/mol. The van der Waals surface area contributed by atoms with Gasteiger partial charge < -0.3 is 5.11 Å². The molecule has 0 amide bonds. The summed E-state index contributed by atoms with van der Waals surface area (Å²) in [7, 11) is 0. The van der Waals surface area contributed by atoms with Crippen molar-refractivity contribution in [3.8, 4) is 0 Å². The van der Waals surface area contributed by atoms with Crippen molar-refractivity contribution in [1.82, 2.24) is 14.8 Å². The Morgan fingerprint density at radius 3 is 2.78 bits per heavy atom. The quantitative estimate of drug-likeness (QED) is 0.877. The maximum Gasteiger partial charge on any atom is 0.138 e. The molecular formula is C14H21N3O. The Morgan fingerprint density at radius 1 is 1.39 bits per heavy atom. The summed E-state index contributed by atoms with van der Waals surface area (Å²) in [5, 5.41) is 14.6. The van der Waals surface area contributed by atoms with E-state index in [9.17, 15) is 5.11 Å². The van der Waals surface area contributed by atoms with Gasteiger partial charge in [-0.25, -0.2) is 4.98 Å². The fraction of sp³-hybridized carbons (Fsp3) is 0.857. The zero-order chi connectivity index (χ0) is 12.3. The SMILES string of the molecule is CCn1ncnc1CC(O)C1C2C3CCC(C3)C12. The van der Waals surface area contributed by atoms with Gasteiger partial charge in [0.25, 0.3) is 0 Å². The van der Waals surface area contributed by atoms with Gasteiger partial charge in [-0.3, -0.25) is 4.68 Å². The Morgan fingerprint density at radius 2 is 2.11 bits per heavy atom. The number of fused-ring (bicyclic) bond motifs is 5. The lowest BCUT2D eigenvalue weighted by Crippen LogP contribution is -2.21. The molecule has 98 valence electrons. The summed E-state index contributed by atoms with van der Waals surface area (Å²) in [6, 6.07) is 0. The van der Waals surface area contributed by atoms with E-state index in [1.54, 1.807) is 6.33 Å². The van der Waals surface area contributed by atoms with E-state index >= 15 is 0 Å². The second-order valence-corrected chi connectivity index (χ2v) is 6.33. The van der Waals surface area contributed by atoms with Crippen LogP contribution in [0.25, 0.3) is 0 Å². The molecule has 0 spiro atoms. The van der Waals surface area contributed by atoms with Crippen LogP contribution < -0.4 is 0 Å². The minimum Gasteiger partial charge on any atom is -0.392 e. The van der Waals surface area contributed by atoms with E-state index in [1.165, 1.54) is 19.3 Å². The van der Waals surface area contributed by atoms with Crippen LogP contribution in [-0.2, 0) is 13.0 Å². The molecule has 1 heterocycles. The highest BCUT2D eigenvalue weighted by Gasteiger charge is 2.66. The van der Waals surface area contributed by atoms with E-state index in [0.717, 1.165) is 36.0 Å². The van der Waals surface area contributed by atoms with Gasteiger partial charge in [0.2, 0.25) is 0 Å². The molecule has 1 aromatic rings. The zero-order valence-electron chi connectivity index (χ0n) is 10.9. The maximum absolute atomic E-state index is 10.5. The molecular weight excluding hydrogens is 226 g/mol. The van der Waals surface area contributed by atoms with E-state index in [0.29, 0.717) is 12.3 Å². The molecule has 0 saturated heterocycles. The third kappa shape index (κ3) is 1.41. The van der Waals surface area contributed by atoms with Crippen LogP contribution in [0.3, 0.4) is 0 Å². The Kier molecular flexibility index (Phi) is 2.31. The summed E-state index contributed by atoms with van der Waals surface area (Å²) in [4.78, 5) is 4.28. The van der Waals surface area contributed by atoms with Gasteiger partial charge in [-0.2, -0.15) is 5.10 Å². The van der Waals surface area contributed by atoms with Crippen LogP contribution in [-0.4, -0.2) is 26.0 Å². The Bertz CT molecular complexity index is 442. The summed E-state index contributed by atoms with van der Waals surface area (Å²) < 4.78 is 1.90. The smallest absolute Gasteiger partial charge is 0.138 e. The lowest BCUT2D eigenvalue weighted by Gasteiger charge is -2.15. The van der Waals surface area contributed by atoms with E-state index < -0.39 is 0 Å². The Balaban J connectivity index is 1.45. The number of hydrogen-bond acceptors (Lipinski definition) is 3. The lowest BCUT2D eigenvalue weighted by atomic mass is 9.97. The van der Waals surface area contributed by atoms with Crippen LogP contribution in [0.5, 0.6) is 0 Å². The van der Waals surface area contributed by atoms with Gasteiger partial charge in [0, 0.05) is 13.0 Å². The van der Waals surface area contributed by atoms with Crippen molar-refractivity contribution >= 4 is 0 Å². The standard InChI is InChI=1S/C14H21N3O/c1-2-17-11(15-7-16-17)6-10(18)14-12-8-3-4-9(5-8)13(12)14/h7-10,12-14,18H,2-6H2,1H3. The van der Waals surface area contributed by atoms with E-state index in [2.05, 4.69) is 17.0 Å². The molecule has 3 aliphatic carbocycles. The van der Waals surface area contributed by atoms with Crippen LogP contribution in [0.1, 0.15) is 32.0 Å². The van der Waals surface area contributed by atoms with Crippen LogP contribution in [0.2, 0.25) is 0 Å². The van der Waals surface area contributed by atoms with Gasteiger partial charge in [0.15, 0.2) is 0 Å². The van der Waals surface area contributed by atoms with Gasteiger partial charge in [-0.1, -0.05) is 0 Å². The van der Waals surface area contributed by atoms with Crippen molar-refractivity contribution in [2.24, 2.45) is 29.6 Å². The summed E-state index contributed by atoms with van der Waals surface area (Å²) in [6.45, 7) is 2.90. The van der Waals surface area contributed by atoms with Crippen LogP contribution in [0, 0.1) is 29.6 Å². The predicted molar refractivity (Wildman–Crippen MR) is 66.7 cm³/mol. The van der Waals surface area contributed by atoms with Crippen molar-refractivity contribution < 1.29 is 5.11 Å². The molecule has 3 fully saturated rings. The molecule has 0 aromatic carbocycles. The molecule has 4 heteroatoms. The largest absolute Gasteiger partial charge is 0.392 e. The van der Waals surface area contributed by atoms with Crippen molar-refractivity contribution in [1.29, 1.82) is 0 Å². The number of nitrogens with zero attached hydrogens (tertiary/aromatic N) is 3. The molecule has 1 N–H and O–H groups in total. The highest BCUT2D eigenvalue weighted by molar-refractivity contribution is 5.15. The molecule has 3 saturated carbocycles. The number of aromatic nitrogens is 3. The minimum absolute atomic E-state index is 0.196. The van der Waals surface area contributed by atoms with E-state index in [4.69, 9.17) is 0 Å². The molecule has 4 nitrogen and oxygen atoms in total. The second kappa shape index (κ2) is 3.80. The average molecular weight is 247 g/mol. The molecule has 3 aliphatic rings. The molecule has 18 heavy (non-hydrogen) atoms. The lowest BCUT2D eigenvalue weighted by molar-refractivity contribution is 0.125. The van der Waals surface area contributed by atoms with Gasteiger partial charge in [-0.05, 0) is 55.8 Å². The summed E-state index contributed by atoms with van der Waals surface area (Å²) >= 11 is 0. The maximum atomic E-state index is 10.5. The summed E-state index contributed by atoms with van der Waals surface area (Å²) in [5.74, 6) is 5.07. The number of aryl methyl sites for hydroxylation is 1. The highest BCUT2D eigenvalue weighted by Crippen LogP contribution is 2.70. The molecule has 1 aromatic heterocycles. The molecule has 5 unspecified atom stereocenters. The van der Waals surface area contributed by atoms with Crippen LogP contribution >= 0.6 is 0 Å². The minimum atomic E-state index is -0.196. The first-order chi connectivity index (χ1) is 8.79. The molecule has 0 aliphatic heterocycles. The van der Waals surface area contributed by atoms with Crippen LogP contribution in [0.15, 0.2) is 6.33 Å². The fourth-order valence-corrected chi connectivity index (χ4v) is 4.94. The number of aliphatic hydroxyl groups is 1. The van der Waals surface area contributed by atoms with Crippen molar-refractivity contribution in [3.63, 3.8) is 0 Å². The van der Waals surface area contributed by atoms with Crippen molar-refractivity contribution in [2.45, 2.75) is 45.3 Å². The van der Waals surface area contributed by atoms with Gasteiger partial charge >= 0.3 is 0 Å². The average Bonchev–Trinajstić information content (AvgIpc) is 2.73. The first-order valence-electron chi connectivity index (χ1n) is 7.34. The van der Waals surface area contributed by atoms with E-state index in [1.807, 2.05) is 4.68 Å². The second-order valence-electron chi connectivity index (χ2n) is 6.33. The Hall–Kier alpha value is -0.900. The van der Waals surface area contributed by atoms with Gasteiger partial charge in [-0.15, -0.1) is 0 Å². The predicted octanol–water partition coefficient (Wildman–Crippen LogP) is 1.49. The number of hydrogen-bond donors (Lipinski definition) is 1. The molecule has 5 atom stereocenters. The number of aliphatic hydroxyl groups excluding tert-OH is 1. The van der Waals surface area contributed by atoms with Gasteiger partial charge in [0.05, 0.1) is 6.10 Å². The molecule has 2 bridgehead atoms. The summed E-state index contributed by atoms with van der Waals surface area (Å²) in [5.41, 5.74) is 0. The first-order valence-corrected chi connectivity index (χ1v) is 7.34. The fourth-order valence-electron chi connectivity index (χ4n) is 4.94. The normalized spacial score (nSPS) is 42.0. The van der Waals surface area contributed by atoms with Crippen molar-refractivity contribution in [3.05, 3.63) is 12.2 Å². The molecule has 4 rings (SSSR count). The Labute approximate surface area is 107 Å². The molecule has 0 radical (unpaired) electrons.